The van der Waals surface area contributed by atoms with Gasteiger partial charge in [0.15, 0.2) is 5.69 Å². The maximum Gasteiger partial charge on any atom is 0.278 e. The summed E-state index contributed by atoms with van der Waals surface area (Å²) < 4.78 is 1.66. The van der Waals surface area contributed by atoms with Crippen LogP contribution < -0.4 is 5.32 Å². The van der Waals surface area contributed by atoms with Crippen molar-refractivity contribution in [1.82, 2.24) is 15.0 Å². The SMILES string of the molecule is Cc1ccccc1-n1nnc(C(=O)Nc2cccc([C@@H](C)O)c2)c1C. The van der Waals surface area contributed by atoms with E-state index < -0.39 is 6.10 Å². The fourth-order valence-corrected chi connectivity index (χ4v) is 2.64. The molecule has 1 aromatic heterocycles. The fourth-order valence-electron chi connectivity index (χ4n) is 2.64. The van der Waals surface area contributed by atoms with Gasteiger partial charge in [-0.3, -0.25) is 4.79 Å². The zero-order valence-electron chi connectivity index (χ0n) is 14.4. The second kappa shape index (κ2) is 6.86. The van der Waals surface area contributed by atoms with Crippen molar-refractivity contribution in [3.63, 3.8) is 0 Å². The van der Waals surface area contributed by atoms with Gasteiger partial charge in [-0.1, -0.05) is 35.5 Å². The highest BCUT2D eigenvalue weighted by Gasteiger charge is 2.18. The van der Waals surface area contributed by atoms with Gasteiger partial charge >= 0.3 is 0 Å². The number of nitrogens with one attached hydrogen (secondary N) is 1. The summed E-state index contributed by atoms with van der Waals surface area (Å²) in [5.41, 5.74) is 4.21. The molecule has 6 nitrogen and oxygen atoms in total. The molecule has 0 saturated heterocycles. The van der Waals surface area contributed by atoms with Crippen molar-refractivity contribution in [2.24, 2.45) is 0 Å². The van der Waals surface area contributed by atoms with Gasteiger partial charge in [-0.25, -0.2) is 4.68 Å². The molecule has 0 fully saturated rings. The van der Waals surface area contributed by atoms with Crippen LogP contribution in [0.2, 0.25) is 0 Å². The van der Waals surface area contributed by atoms with Gasteiger partial charge in [-0.05, 0) is 50.1 Å². The number of aliphatic hydroxyl groups excluding tert-OH is 1. The Labute approximate surface area is 146 Å². The van der Waals surface area contributed by atoms with Crippen LogP contribution in [-0.2, 0) is 0 Å². The number of aromatic nitrogens is 3. The summed E-state index contributed by atoms with van der Waals surface area (Å²) in [5, 5.41) is 20.6. The number of carbonyl (C=O) groups excluding carboxylic acids is 1. The first-order chi connectivity index (χ1) is 12.0. The molecule has 2 N–H and O–H groups in total. The second-order valence-corrected chi connectivity index (χ2v) is 5.98. The number of benzene rings is 2. The smallest absolute Gasteiger partial charge is 0.278 e. The number of hydrogen-bond acceptors (Lipinski definition) is 4. The highest BCUT2D eigenvalue weighted by atomic mass is 16.3. The van der Waals surface area contributed by atoms with E-state index in [1.807, 2.05) is 38.1 Å². The predicted molar refractivity (Wildman–Crippen MR) is 95.9 cm³/mol. The van der Waals surface area contributed by atoms with Crippen molar-refractivity contribution in [3.8, 4) is 5.69 Å². The molecule has 0 saturated carbocycles. The molecule has 0 aliphatic heterocycles. The summed E-state index contributed by atoms with van der Waals surface area (Å²) in [6.45, 7) is 5.48. The molecule has 6 heteroatoms. The van der Waals surface area contributed by atoms with Crippen LogP contribution in [0, 0.1) is 13.8 Å². The minimum absolute atomic E-state index is 0.269. The van der Waals surface area contributed by atoms with E-state index in [2.05, 4.69) is 15.6 Å². The lowest BCUT2D eigenvalue weighted by Crippen LogP contribution is -2.14. The van der Waals surface area contributed by atoms with E-state index in [1.54, 1.807) is 35.9 Å². The molecular weight excluding hydrogens is 316 g/mol. The summed E-state index contributed by atoms with van der Waals surface area (Å²) in [5.74, 6) is -0.333. The number of anilines is 1. The van der Waals surface area contributed by atoms with Crippen molar-refractivity contribution < 1.29 is 9.90 Å². The van der Waals surface area contributed by atoms with Crippen molar-refractivity contribution in [1.29, 1.82) is 0 Å². The van der Waals surface area contributed by atoms with Gasteiger partial charge < -0.3 is 10.4 Å². The predicted octanol–water partition coefficient (Wildman–Crippen LogP) is 3.19. The van der Waals surface area contributed by atoms with Crippen LogP contribution in [0.3, 0.4) is 0 Å². The van der Waals surface area contributed by atoms with Crippen molar-refractivity contribution in [2.45, 2.75) is 26.9 Å². The van der Waals surface area contributed by atoms with Crippen LogP contribution in [-0.4, -0.2) is 26.0 Å². The number of hydrogen-bond donors (Lipinski definition) is 2. The molecule has 25 heavy (non-hydrogen) atoms. The molecule has 3 aromatic rings. The topological polar surface area (TPSA) is 80.0 Å². The Morgan fingerprint density at radius 1 is 1.16 bits per heavy atom. The molecule has 1 atom stereocenters. The van der Waals surface area contributed by atoms with Gasteiger partial charge in [0.25, 0.3) is 5.91 Å². The second-order valence-electron chi connectivity index (χ2n) is 5.98. The number of rotatable bonds is 4. The number of aliphatic hydroxyl groups is 1. The summed E-state index contributed by atoms with van der Waals surface area (Å²) in [6, 6.07) is 14.9. The summed E-state index contributed by atoms with van der Waals surface area (Å²) in [6.07, 6.45) is -0.597. The Hall–Kier alpha value is -2.99. The van der Waals surface area contributed by atoms with E-state index >= 15 is 0 Å². The van der Waals surface area contributed by atoms with E-state index in [0.717, 1.165) is 16.8 Å². The summed E-state index contributed by atoms with van der Waals surface area (Å²) in [4.78, 5) is 12.6. The first-order valence-electron chi connectivity index (χ1n) is 8.05. The van der Waals surface area contributed by atoms with Gasteiger partial charge in [-0.2, -0.15) is 0 Å². The molecule has 3 rings (SSSR count). The van der Waals surface area contributed by atoms with E-state index in [0.29, 0.717) is 11.4 Å². The molecule has 0 spiro atoms. The normalized spacial score (nSPS) is 12.0. The Morgan fingerprint density at radius 2 is 1.92 bits per heavy atom. The van der Waals surface area contributed by atoms with Crippen LogP contribution in [0.4, 0.5) is 5.69 Å². The van der Waals surface area contributed by atoms with Crippen molar-refractivity contribution >= 4 is 11.6 Å². The van der Waals surface area contributed by atoms with Crippen LogP contribution in [0.5, 0.6) is 0 Å². The van der Waals surface area contributed by atoms with Gasteiger partial charge in [-0.15, -0.1) is 5.10 Å². The third-order valence-corrected chi connectivity index (χ3v) is 4.08. The van der Waals surface area contributed by atoms with E-state index in [-0.39, 0.29) is 11.6 Å². The quantitative estimate of drug-likeness (QED) is 0.767. The van der Waals surface area contributed by atoms with E-state index in [1.165, 1.54) is 0 Å². The number of nitrogens with zero attached hydrogens (tertiary/aromatic N) is 3. The average Bonchev–Trinajstić information content (AvgIpc) is 2.97. The standard InChI is InChI=1S/C19H20N4O2/c1-12-7-4-5-10-17(12)23-13(2)18(21-22-23)19(25)20-16-9-6-8-15(11-16)14(3)24/h4-11,14,24H,1-3H3,(H,20,25)/t14-/m1/s1. The summed E-state index contributed by atoms with van der Waals surface area (Å²) in [7, 11) is 0. The van der Waals surface area contributed by atoms with Crippen LogP contribution >= 0.6 is 0 Å². The molecule has 128 valence electrons. The number of aryl methyl sites for hydroxylation is 1. The van der Waals surface area contributed by atoms with Crippen LogP contribution in [0.1, 0.15) is 40.3 Å². The minimum atomic E-state index is -0.597. The van der Waals surface area contributed by atoms with Gasteiger partial charge in [0, 0.05) is 5.69 Å². The molecule has 0 aliphatic rings. The zero-order chi connectivity index (χ0) is 18.0. The highest BCUT2D eigenvalue weighted by molar-refractivity contribution is 6.03. The molecule has 0 radical (unpaired) electrons. The van der Waals surface area contributed by atoms with Gasteiger partial charge in [0.2, 0.25) is 0 Å². The first-order valence-corrected chi connectivity index (χ1v) is 8.05. The Kier molecular flexibility index (Phi) is 4.63. The fraction of sp³-hybridized carbons (Fsp3) is 0.211. The van der Waals surface area contributed by atoms with Crippen molar-refractivity contribution in [2.75, 3.05) is 5.32 Å². The van der Waals surface area contributed by atoms with E-state index in [9.17, 15) is 9.90 Å². The monoisotopic (exact) mass is 336 g/mol. The maximum absolute atomic E-state index is 12.6. The maximum atomic E-state index is 12.6. The molecule has 2 aromatic carbocycles. The third-order valence-electron chi connectivity index (χ3n) is 4.08. The van der Waals surface area contributed by atoms with E-state index in [4.69, 9.17) is 0 Å². The van der Waals surface area contributed by atoms with Crippen LogP contribution in [0.25, 0.3) is 5.69 Å². The molecule has 0 aliphatic carbocycles. The minimum Gasteiger partial charge on any atom is -0.389 e. The largest absolute Gasteiger partial charge is 0.389 e. The Morgan fingerprint density at radius 3 is 2.64 bits per heavy atom. The van der Waals surface area contributed by atoms with Gasteiger partial charge in [0.1, 0.15) is 0 Å². The third kappa shape index (κ3) is 3.44. The highest BCUT2D eigenvalue weighted by Crippen LogP contribution is 2.19. The summed E-state index contributed by atoms with van der Waals surface area (Å²) >= 11 is 0. The average molecular weight is 336 g/mol. The molecule has 1 amide bonds. The molecular formula is C19H20N4O2. The Bertz CT molecular complexity index is 915. The number of amides is 1. The number of carbonyl (C=O) groups is 1. The van der Waals surface area contributed by atoms with Gasteiger partial charge in [0.05, 0.1) is 17.5 Å². The van der Waals surface area contributed by atoms with Crippen molar-refractivity contribution in [3.05, 3.63) is 71.0 Å². The molecule has 0 bridgehead atoms. The lowest BCUT2D eigenvalue weighted by molar-refractivity contribution is 0.102. The lowest BCUT2D eigenvalue weighted by Gasteiger charge is -2.09. The molecule has 1 heterocycles. The molecule has 0 unspecified atom stereocenters. The van der Waals surface area contributed by atoms with Crippen LogP contribution in [0.15, 0.2) is 48.5 Å². The zero-order valence-corrected chi connectivity index (χ0v) is 14.4. The lowest BCUT2D eigenvalue weighted by atomic mass is 10.1. The number of para-hydroxylation sites is 1. The Balaban J connectivity index is 1.87. The first kappa shape index (κ1) is 16.9.